The van der Waals surface area contributed by atoms with Crippen molar-refractivity contribution < 1.29 is 18.3 Å². The van der Waals surface area contributed by atoms with Crippen LogP contribution in [-0.4, -0.2) is 24.7 Å². The van der Waals surface area contributed by atoms with Gasteiger partial charge in [0.1, 0.15) is 11.6 Å². The molecule has 3 N–H and O–H groups in total. The first kappa shape index (κ1) is 15.7. The Morgan fingerprint density at radius 2 is 2.19 bits per heavy atom. The Morgan fingerprint density at radius 3 is 2.86 bits per heavy atom. The summed E-state index contributed by atoms with van der Waals surface area (Å²) in [6.45, 7) is 2.69. The van der Waals surface area contributed by atoms with Crippen molar-refractivity contribution in [1.29, 1.82) is 0 Å². The van der Waals surface area contributed by atoms with E-state index in [4.69, 9.17) is 10.5 Å². The van der Waals surface area contributed by atoms with E-state index in [0.717, 1.165) is 31.7 Å². The number of hydrogen-bond donors (Lipinski definition) is 2. The largest absolute Gasteiger partial charge is 0.380 e. The highest BCUT2D eigenvalue weighted by Gasteiger charge is 2.23. The summed E-state index contributed by atoms with van der Waals surface area (Å²) in [5.74, 6) is -2.58. The smallest absolute Gasteiger partial charge is 0.251 e. The number of rotatable bonds is 5. The van der Waals surface area contributed by atoms with Crippen molar-refractivity contribution in [1.82, 2.24) is 0 Å². The van der Waals surface area contributed by atoms with Crippen molar-refractivity contribution in [2.24, 2.45) is 5.73 Å². The second-order valence-electron chi connectivity index (χ2n) is 5.32. The number of nitrogens with two attached hydrogens (primary N) is 1. The van der Waals surface area contributed by atoms with E-state index in [-0.39, 0.29) is 23.4 Å². The minimum absolute atomic E-state index is 0.0380. The van der Waals surface area contributed by atoms with Gasteiger partial charge >= 0.3 is 0 Å². The molecule has 1 saturated heterocycles. The molecule has 4 nitrogen and oxygen atoms in total. The van der Waals surface area contributed by atoms with Crippen molar-refractivity contribution in [3.8, 4) is 0 Å². The maximum absolute atomic E-state index is 13.8. The quantitative estimate of drug-likeness (QED) is 0.878. The Hall–Kier alpha value is -1.69. The maximum Gasteiger partial charge on any atom is 0.251 e. The molecule has 2 unspecified atom stereocenters. The fourth-order valence-electron chi connectivity index (χ4n) is 2.60. The van der Waals surface area contributed by atoms with Crippen LogP contribution in [0.25, 0.3) is 0 Å². The number of carbonyl (C=O) groups is 1. The van der Waals surface area contributed by atoms with Crippen molar-refractivity contribution >= 4 is 11.6 Å². The van der Waals surface area contributed by atoms with E-state index in [2.05, 4.69) is 12.2 Å². The molecule has 116 valence electrons. The molecule has 0 bridgehead atoms. The summed E-state index contributed by atoms with van der Waals surface area (Å²) in [5, 5.41) is 3.03. The van der Waals surface area contributed by atoms with Crippen molar-refractivity contribution in [2.45, 2.75) is 44.8 Å². The normalized spacial score (nSPS) is 22.0. The number of carbonyl (C=O) groups excluding carboxylic acids is 1. The Labute approximate surface area is 122 Å². The average molecular weight is 298 g/mol. The van der Waals surface area contributed by atoms with Gasteiger partial charge in [-0.15, -0.1) is 0 Å². The van der Waals surface area contributed by atoms with Crippen LogP contribution in [0, 0.1) is 11.6 Å². The van der Waals surface area contributed by atoms with Gasteiger partial charge in [0.25, 0.3) is 5.91 Å². The van der Waals surface area contributed by atoms with Crippen molar-refractivity contribution in [3.05, 3.63) is 29.3 Å². The predicted molar refractivity (Wildman–Crippen MR) is 76.2 cm³/mol. The van der Waals surface area contributed by atoms with Gasteiger partial charge in [-0.3, -0.25) is 4.79 Å². The monoisotopic (exact) mass is 298 g/mol. The second-order valence-corrected chi connectivity index (χ2v) is 5.32. The highest BCUT2D eigenvalue weighted by molar-refractivity contribution is 5.94. The Kier molecular flexibility index (Phi) is 5.12. The van der Waals surface area contributed by atoms with Crippen LogP contribution in [0.1, 0.15) is 43.0 Å². The second kappa shape index (κ2) is 6.85. The molecule has 1 aliphatic heterocycles. The Balaban J connectivity index is 2.11. The molecule has 1 aromatic rings. The third-order valence-corrected chi connectivity index (χ3v) is 3.66. The minimum atomic E-state index is -0.943. The number of hydrogen-bond acceptors (Lipinski definition) is 3. The molecule has 1 amide bonds. The van der Waals surface area contributed by atoms with E-state index in [1.807, 2.05) is 0 Å². The lowest BCUT2D eigenvalue weighted by Crippen LogP contribution is -2.34. The highest BCUT2D eigenvalue weighted by atomic mass is 19.1. The number of anilines is 1. The van der Waals surface area contributed by atoms with Gasteiger partial charge in [0.05, 0.1) is 17.4 Å². The summed E-state index contributed by atoms with van der Waals surface area (Å²) in [7, 11) is 0. The van der Waals surface area contributed by atoms with Gasteiger partial charge in [-0.05, 0) is 25.3 Å². The summed E-state index contributed by atoms with van der Waals surface area (Å²) >= 11 is 0. The van der Waals surface area contributed by atoms with E-state index in [9.17, 15) is 13.6 Å². The van der Waals surface area contributed by atoms with Crippen LogP contribution >= 0.6 is 0 Å². The van der Waals surface area contributed by atoms with Crippen LogP contribution in [-0.2, 0) is 4.74 Å². The van der Waals surface area contributed by atoms with Gasteiger partial charge in [0.2, 0.25) is 0 Å². The first-order chi connectivity index (χ1) is 10.0. The van der Waals surface area contributed by atoms with Gasteiger partial charge in [0.15, 0.2) is 0 Å². The lowest BCUT2D eigenvalue weighted by molar-refractivity contribution is 0.00593. The lowest BCUT2D eigenvalue weighted by atomic mass is 9.99. The van der Waals surface area contributed by atoms with Gasteiger partial charge in [-0.1, -0.05) is 13.3 Å². The molecule has 0 radical (unpaired) electrons. The van der Waals surface area contributed by atoms with Gasteiger partial charge in [-0.2, -0.15) is 0 Å². The van der Waals surface area contributed by atoms with Gasteiger partial charge in [-0.25, -0.2) is 8.78 Å². The first-order valence-corrected chi connectivity index (χ1v) is 7.18. The van der Waals surface area contributed by atoms with Gasteiger partial charge < -0.3 is 15.8 Å². The molecule has 2 atom stereocenters. The Bertz CT molecular complexity index is 521. The molecule has 0 saturated carbocycles. The number of halogens is 2. The third kappa shape index (κ3) is 3.91. The number of benzene rings is 1. The minimum Gasteiger partial charge on any atom is -0.380 e. The number of amides is 1. The summed E-state index contributed by atoms with van der Waals surface area (Å²) in [6.07, 6.45) is 3.63. The molecule has 1 aromatic carbocycles. The Morgan fingerprint density at radius 1 is 1.43 bits per heavy atom. The first-order valence-electron chi connectivity index (χ1n) is 7.18. The summed E-state index contributed by atoms with van der Waals surface area (Å²) in [4.78, 5) is 11.1. The van der Waals surface area contributed by atoms with Crippen LogP contribution in [0.5, 0.6) is 0 Å². The van der Waals surface area contributed by atoms with Crippen LogP contribution in [0.2, 0.25) is 0 Å². The summed E-state index contributed by atoms with van der Waals surface area (Å²) < 4.78 is 32.9. The topological polar surface area (TPSA) is 64.3 Å². The fourth-order valence-corrected chi connectivity index (χ4v) is 2.60. The average Bonchev–Trinajstić information content (AvgIpc) is 2.42. The fraction of sp³-hybridized carbons (Fsp3) is 0.533. The molecule has 0 spiro atoms. The molecule has 0 aromatic heterocycles. The van der Waals surface area contributed by atoms with Crippen LogP contribution in [0.3, 0.4) is 0 Å². The highest BCUT2D eigenvalue weighted by Crippen LogP contribution is 2.25. The molecular weight excluding hydrogens is 278 g/mol. The van der Waals surface area contributed by atoms with E-state index in [0.29, 0.717) is 12.7 Å². The molecule has 2 rings (SSSR count). The molecule has 21 heavy (non-hydrogen) atoms. The van der Waals surface area contributed by atoms with Crippen molar-refractivity contribution in [2.75, 3.05) is 11.9 Å². The van der Waals surface area contributed by atoms with Crippen molar-refractivity contribution in [3.63, 3.8) is 0 Å². The molecular formula is C15H20F2N2O2. The molecule has 6 heteroatoms. The lowest BCUT2D eigenvalue weighted by Gasteiger charge is -2.30. The predicted octanol–water partition coefficient (Wildman–Crippen LogP) is 2.82. The number of nitrogens with one attached hydrogen (secondary N) is 1. The summed E-state index contributed by atoms with van der Waals surface area (Å²) in [6, 6.07) is 1.86. The van der Waals surface area contributed by atoms with E-state index >= 15 is 0 Å². The standard InChI is InChI=1S/C15H20F2N2O2/c1-2-3-10-6-9(4-5-21-10)19-14-7-11(15(18)20)12(16)8-13(14)17/h7-10,19H,2-6H2,1H3,(H2,18,20). The molecule has 1 fully saturated rings. The zero-order valence-corrected chi connectivity index (χ0v) is 12.0. The summed E-state index contributed by atoms with van der Waals surface area (Å²) in [5.41, 5.74) is 4.87. The zero-order valence-electron chi connectivity index (χ0n) is 12.0. The van der Waals surface area contributed by atoms with E-state index in [1.54, 1.807) is 0 Å². The number of ether oxygens (including phenoxy) is 1. The van der Waals surface area contributed by atoms with E-state index < -0.39 is 17.5 Å². The van der Waals surface area contributed by atoms with E-state index in [1.165, 1.54) is 0 Å². The van der Waals surface area contributed by atoms with Crippen LogP contribution in [0.4, 0.5) is 14.5 Å². The molecule has 1 aliphatic rings. The third-order valence-electron chi connectivity index (χ3n) is 3.66. The SMILES string of the molecule is CCCC1CC(Nc2cc(C(N)=O)c(F)cc2F)CCO1. The van der Waals surface area contributed by atoms with Crippen LogP contribution < -0.4 is 11.1 Å². The van der Waals surface area contributed by atoms with Gasteiger partial charge in [0, 0.05) is 18.7 Å². The van der Waals surface area contributed by atoms with Crippen LogP contribution in [0.15, 0.2) is 12.1 Å². The maximum atomic E-state index is 13.8. The molecule has 0 aliphatic carbocycles. The zero-order chi connectivity index (χ0) is 15.4. The number of primary amides is 1. The molecule has 1 heterocycles.